The SMILES string of the molecule is C[C@H]1O[C@@H](O[C@H]2CC[C@]3(C)[C@H]4[C@@H](O)C=C5[C@@H]6CC(C)(C)CC[C@]6(CO)[C@@H]6O[C@@H]6[C@@]5(C)[C@]4(C)CC[C@H]3C2(C)C)[C@H](O[C@@H]2O[C@H](CO)[C@@H](O)[C@H](O)[C@H]2O[C@@H]2OC[C@@H](O)[C@H](O)[C@H]2O)[C@@H](O)[C@H]1O. The van der Waals surface area contributed by atoms with E-state index >= 15 is 0 Å². The second kappa shape index (κ2) is 16.3. The molecule has 10 N–H and O–H groups in total. The smallest absolute Gasteiger partial charge is 0.187 e. The van der Waals surface area contributed by atoms with Crippen molar-refractivity contribution in [2.75, 3.05) is 19.8 Å². The minimum Gasteiger partial charge on any atom is -0.396 e. The standard InChI is InChI=1S/C47H76O17/c1-20-28(52)31(55)34(63-41-35(32(56)30(54)25(17-48)60-41)62-39-33(57)29(53)24(51)18-58-39)40(59-20)61-27-10-11-44(6)26(43(27,4)5)9-12-45(7)36(44)23(50)15-21-22-16-42(2,3)13-14-47(22,19-49)38-37(64-38)46(21,45)8/h15,20,22-41,48-57H,9-14,16-19H2,1-8H3/t20-,22+,23+,24-,25-,26+,27+,28+,29+,30-,31+,32+,33-,34-,35-,36-,37+,38-,39+,40+,41+,44+,45-,46+,47-/m1/s1. The quantitative estimate of drug-likeness (QED) is 0.0888. The Balaban J connectivity index is 0.980. The number of hydrogen-bond donors (Lipinski definition) is 10. The molecule has 0 spiro atoms. The first-order chi connectivity index (χ1) is 29.9. The Hall–Kier alpha value is -0.940. The number of fused-ring (bicyclic) bond motifs is 10. The molecule has 0 aromatic carbocycles. The fourth-order valence-corrected chi connectivity index (χ4v) is 15.4. The minimum atomic E-state index is -1.80. The number of ether oxygens (including phenoxy) is 7. The van der Waals surface area contributed by atoms with Gasteiger partial charge >= 0.3 is 0 Å². The maximum atomic E-state index is 12.6. The predicted octanol–water partition coefficient (Wildman–Crippen LogP) is 0.239. The van der Waals surface area contributed by atoms with Crippen LogP contribution in [0.2, 0.25) is 0 Å². The van der Waals surface area contributed by atoms with E-state index in [1.807, 2.05) is 0 Å². The Morgan fingerprint density at radius 3 is 2.00 bits per heavy atom. The summed E-state index contributed by atoms with van der Waals surface area (Å²) in [6.07, 6.45) is -14.5. The fourth-order valence-electron chi connectivity index (χ4n) is 15.4. The summed E-state index contributed by atoms with van der Waals surface area (Å²) in [6, 6.07) is 0. The molecular weight excluding hydrogens is 837 g/mol. The van der Waals surface area contributed by atoms with Crippen LogP contribution in [0.25, 0.3) is 0 Å². The van der Waals surface area contributed by atoms with E-state index in [9.17, 15) is 51.1 Å². The summed E-state index contributed by atoms with van der Waals surface area (Å²) in [5.74, 6) is 0.0866. The van der Waals surface area contributed by atoms with Gasteiger partial charge in [0.15, 0.2) is 18.9 Å². The van der Waals surface area contributed by atoms with Gasteiger partial charge in [0.2, 0.25) is 0 Å². The van der Waals surface area contributed by atoms with E-state index < -0.39 is 117 Å². The first-order valence-electron chi connectivity index (χ1n) is 23.8. The second-order valence-corrected chi connectivity index (χ2v) is 23.4. The highest BCUT2D eigenvalue weighted by atomic mass is 16.8. The van der Waals surface area contributed by atoms with Crippen LogP contribution in [0, 0.1) is 50.2 Å². The van der Waals surface area contributed by atoms with Crippen LogP contribution in [-0.2, 0) is 33.2 Å². The average molecular weight is 913 g/mol. The summed E-state index contributed by atoms with van der Waals surface area (Å²) < 4.78 is 43.5. The molecule has 0 unspecified atom stereocenters. The molecule has 366 valence electrons. The summed E-state index contributed by atoms with van der Waals surface area (Å²) in [4.78, 5) is 0. The number of rotatable bonds is 8. The van der Waals surface area contributed by atoms with Crippen molar-refractivity contribution in [1.82, 2.24) is 0 Å². The van der Waals surface area contributed by atoms with Gasteiger partial charge in [-0.3, -0.25) is 0 Å². The van der Waals surface area contributed by atoms with Crippen LogP contribution >= 0.6 is 0 Å². The molecule has 8 fully saturated rings. The summed E-state index contributed by atoms with van der Waals surface area (Å²) >= 11 is 0. The van der Waals surface area contributed by atoms with Gasteiger partial charge in [-0.05, 0) is 85.4 Å². The molecule has 4 saturated heterocycles. The zero-order chi connectivity index (χ0) is 46.4. The van der Waals surface area contributed by atoms with Crippen LogP contribution in [0.4, 0.5) is 0 Å². The van der Waals surface area contributed by atoms with Crippen LogP contribution in [0.1, 0.15) is 100 Å². The summed E-state index contributed by atoms with van der Waals surface area (Å²) in [7, 11) is 0. The molecule has 9 aliphatic rings. The van der Waals surface area contributed by atoms with E-state index in [0.717, 1.165) is 32.1 Å². The average Bonchev–Trinajstić information content (AvgIpc) is 4.05. The highest BCUT2D eigenvalue weighted by Crippen LogP contribution is 2.79. The summed E-state index contributed by atoms with van der Waals surface area (Å²) in [5, 5.41) is 110. The van der Waals surface area contributed by atoms with Crippen LogP contribution in [0.5, 0.6) is 0 Å². The lowest BCUT2D eigenvalue weighted by Gasteiger charge is -2.71. The van der Waals surface area contributed by atoms with Crippen molar-refractivity contribution in [1.29, 1.82) is 0 Å². The Bertz CT molecular complexity index is 1760. The van der Waals surface area contributed by atoms with Crippen LogP contribution in [-0.4, -0.2) is 181 Å². The Labute approximate surface area is 376 Å². The van der Waals surface area contributed by atoms with Crippen molar-refractivity contribution in [3.05, 3.63) is 11.6 Å². The molecule has 5 aliphatic carbocycles. The predicted molar refractivity (Wildman–Crippen MR) is 223 cm³/mol. The van der Waals surface area contributed by atoms with Gasteiger partial charge in [0.25, 0.3) is 0 Å². The van der Waals surface area contributed by atoms with Crippen molar-refractivity contribution in [2.45, 2.75) is 211 Å². The molecule has 25 atom stereocenters. The second-order valence-electron chi connectivity index (χ2n) is 23.4. The van der Waals surface area contributed by atoms with Gasteiger partial charge in [-0.1, -0.05) is 60.1 Å². The van der Waals surface area contributed by atoms with Crippen molar-refractivity contribution >= 4 is 0 Å². The monoisotopic (exact) mass is 913 g/mol. The maximum absolute atomic E-state index is 12.6. The van der Waals surface area contributed by atoms with Crippen molar-refractivity contribution < 1.29 is 84.2 Å². The third kappa shape index (κ3) is 6.95. The van der Waals surface area contributed by atoms with Gasteiger partial charge in [0.1, 0.15) is 61.0 Å². The molecule has 9 rings (SSSR count). The number of hydrogen-bond acceptors (Lipinski definition) is 17. The number of aliphatic hydroxyl groups is 10. The van der Waals surface area contributed by atoms with E-state index in [-0.39, 0.29) is 63.6 Å². The molecule has 0 bridgehead atoms. The van der Waals surface area contributed by atoms with E-state index in [1.54, 1.807) is 6.92 Å². The van der Waals surface area contributed by atoms with Crippen molar-refractivity contribution in [3.63, 3.8) is 0 Å². The van der Waals surface area contributed by atoms with E-state index in [2.05, 4.69) is 54.5 Å². The molecule has 0 radical (unpaired) electrons. The Kier molecular flexibility index (Phi) is 12.3. The number of aliphatic hydroxyl groups excluding tert-OH is 10. The molecule has 17 heteroatoms. The lowest BCUT2D eigenvalue weighted by molar-refractivity contribution is -0.393. The van der Waals surface area contributed by atoms with Crippen molar-refractivity contribution in [2.24, 2.45) is 50.2 Å². The molecule has 4 aliphatic heterocycles. The third-order valence-electron chi connectivity index (χ3n) is 19.3. The van der Waals surface area contributed by atoms with Crippen LogP contribution in [0.3, 0.4) is 0 Å². The highest BCUT2D eigenvalue weighted by molar-refractivity contribution is 5.41. The molecule has 4 saturated carbocycles. The maximum Gasteiger partial charge on any atom is 0.187 e. The highest BCUT2D eigenvalue weighted by Gasteiger charge is 2.79. The lowest BCUT2D eigenvalue weighted by atomic mass is 9.33. The molecule has 0 amide bonds. The molecule has 4 heterocycles. The van der Waals surface area contributed by atoms with Gasteiger partial charge < -0.3 is 84.2 Å². The Morgan fingerprint density at radius 1 is 0.672 bits per heavy atom. The fraction of sp³-hybridized carbons (Fsp3) is 0.957. The van der Waals surface area contributed by atoms with Crippen molar-refractivity contribution in [3.8, 4) is 0 Å². The zero-order valence-corrected chi connectivity index (χ0v) is 38.6. The molecule has 0 aromatic heterocycles. The molecular formula is C47H76O17. The summed E-state index contributed by atoms with van der Waals surface area (Å²) in [5.41, 5.74) is -0.453. The van der Waals surface area contributed by atoms with Gasteiger partial charge in [-0.15, -0.1) is 0 Å². The lowest BCUT2D eigenvalue weighted by Crippen LogP contribution is -2.69. The van der Waals surface area contributed by atoms with E-state index in [4.69, 9.17) is 33.2 Å². The molecule has 64 heavy (non-hydrogen) atoms. The van der Waals surface area contributed by atoms with Gasteiger partial charge in [-0.2, -0.15) is 0 Å². The topological polar surface area (TPSA) is 270 Å². The largest absolute Gasteiger partial charge is 0.396 e. The first-order valence-corrected chi connectivity index (χ1v) is 23.8. The minimum absolute atomic E-state index is 0.0145. The normalized spacial score (nSPS) is 57.5. The number of epoxide rings is 1. The first kappa shape index (κ1) is 48.1. The Morgan fingerprint density at radius 2 is 1.33 bits per heavy atom. The van der Waals surface area contributed by atoms with E-state index in [1.165, 1.54) is 5.57 Å². The van der Waals surface area contributed by atoms with Gasteiger partial charge in [0, 0.05) is 16.7 Å². The van der Waals surface area contributed by atoms with Gasteiger partial charge in [0.05, 0.1) is 50.3 Å². The van der Waals surface area contributed by atoms with Crippen LogP contribution < -0.4 is 0 Å². The van der Waals surface area contributed by atoms with Crippen LogP contribution in [0.15, 0.2) is 11.6 Å². The molecule has 17 nitrogen and oxygen atoms in total. The third-order valence-corrected chi connectivity index (χ3v) is 19.3. The zero-order valence-electron chi connectivity index (χ0n) is 38.6. The van der Waals surface area contributed by atoms with E-state index in [0.29, 0.717) is 12.8 Å². The summed E-state index contributed by atoms with van der Waals surface area (Å²) in [6.45, 7) is 16.6. The molecule has 0 aromatic rings. The van der Waals surface area contributed by atoms with Gasteiger partial charge in [-0.25, -0.2) is 0 Å².